The molecule has 0 heterocycles. The molecule has 0 bridgehead atoms. The highest BCUT2D eigenvalue weighted by Crippen LogP contribution is 2.27. The second-order valence-electron chi connectivity index (χ2n) is 4.72. The molecule has 0 aliphatic heterocycles. The monoisotopic (exact) mass is 451 g/mol. The third-order valence-electron chi connectivity index (χ3n) is 3.07. The molecule has 0 spiro atoms. The number of hydrogen-bond donors (Lipinski definition) is 2. The smallest absolute Gasteiger partial charge is 0.271 e. The number of hydrogen-bond acceptors (Lipinski definition) is 6. The van der Waals surface area contributed by atoms with Gasteiger partial charge in [-0.2, -0.15) is 10.4 Å². The molecular formula is C17H14IN3O4. The number of carbonyl (C=O) groups excluding carboxylic acids is 1. The first-order valence-electron chi connectivity index (χ1n) is 7.05. The Kier molecular flexibility index (Phi) is 6.59. The first-order chi connectivity index (χ1) is 12.0. The highest BCUT2D eigenvalue weighted by atomic mass is 127. The van der Waals surface area contributed by atoms with Crippen LogP contribution in [-0.2, 0) is 0 Å². The summed E-state index contributed by atoms with van der Waals surface area (Å²) in [6.45, 7) is -0.0806. The second-order valence-corrected chi connectivity index (χ2v) is 5.88. The molecule has 0 saturated heterocycles. The standard InChI is InChI=1S/C17H14IN3O4/c1-24-16-8-11(2-5-15(16)25-7-6-19)10-20-21-17(23)12-3-4-13(18)14(22)9-12/h2-5,8-10,22H,7H2,1H3,(H,21,23). The molecule has 0 saturated carbocycles. The summed E-state index contributed by atoms with van der Waals surface area (Å²) in [6.07, 6.45) is 1.45. The van der Waals surface area contributed by atoms with Crippen molar-refractivity contribution >= 4 is 34.7 Å². The van der Waals surface area contributed by atoms with Crippen molar-refractivity contribution in [2.24, 2.45) is 5.10 Å². The number of phenolic OH excluding ortho intramolecular Hbond substituents is 1. The molecule has 0 atom stereocenters. The van der Waals surface area contributed by atoms with Gasteiger partial charge < -0.3 is 14.6 Å². The van der Waals surface area contributed by atoms with Gasteiger partial charge in [-0.05, 0) is 64.6 Å². The normalized spacial score (nSPS) is 10.3. The van der Waals surface area contributed by atoms with Gasteiger partial charge in [0, 0.05) is 5.56 Å². The quantitative estimate of drug-likeness (QED) is 0.400. The number of benzene rings is 2. The number of rotatable bonds is 6. The van der Waals surface area contributed by atoms with Gasteiger partial charge in [0.2, 0.25) is 0 Å². The summed E-state index contributed by atoms with van der Waals surface area (Å²) in [5, 5.41) is 22.1. The molecule has 8 heteroatoms. The molecule has 2 rings (SSSR count). The number of phenols is 1. The maximum absolute atomic E-state index is 12.0. The van der Waals surface area contributed by atoms with Crippen molar-refractivity contribution in [3.05, 3.63) is 51.1 Å². The Morgan fingerprint density at radius 2 is 2.16 bits per heavy atom. The molecule has 1 amide bonds. The lowest BCUT2D eigenvalue weighted by molar-refractivity contribution is 0.0954. The van der Waals surface area contributed by atoms with E-state index in [0.717, 1.165) is 0 Å². The molecule has 0 aliphatic carbocycles. The van der Waals surface area contributed by atoms with E-state index in [1.807, 2.05) is 28.7 Å². The number of nitrogens with one attached hydrogen (secondary N) is 1. The van der Waals surface area contributed by atoms with E-state index in [-0.39, 0.29) is 12.4 Å². The van der Waals surface area contributed by atoms with Crippen molar-refractivity contribution in [2.75, 3.05) is 13.7 Å². The van der Waals surface area contributed by atoms with E-state index in [1.165, 1.54) is 19.4 Å². The molecule has 2 aromatic carbocycles. The van der Waals surface area contributed by atoms with Crippen LogP contribution in [0.25, 0.3) is 0 Å². The zero-order valence-corrected chi connectivity index (χ0v) is 15.4. The summed E-state index contributed by atoms with van der Waals surface area (Å²) < 4.78 is 11.1. The van der Waals surface area contributed by atoms with Crippen LogP contribution in [0.5, 0.6) is 17.2 Å². The lowest BCUT2D eigenvalue weighted by atomic mass is 10.2. The summed E-state index contributed by atoms with van der Waals surface area (Å²) in [6, 6.07) is 11.5. The summed E-state index contributed by atoms with van der Waals surface area (Å²) in [5.74, 6) is 0.492. The number of carbonyl (C=O) groups is 1. The van der Waals surface area contributed by atoms with Crippen LogP contribution in [0.1, 0.15) is 15.9 Å². The van der Waals surface area contributed by atoms with Crippen molar-refractivity contribution in [2.45, 2.75) is 0 Å². The number of ether oxygens (including phenoxy) is 2. The second kappa shape index (κ2) is 8.89. The highest BCUT2D eigenvalue weighted by molar-refractivity contribution is 14.1. The van der Waals surface area contributed by atoms with E-state index in [4.69, 9.17) is 14.7 Å². The fourth-order valence-corrected chi connectivity index (χ4v) is 2.21. The van der Waals surface area contributed by atoms with Crippen LogP contribution < -0.4 is 14.9 Å². The molecule has 2 aromatic rings. The Labute approximate surface area is 158 Å². The van der Waals surface area contributed by atoms with Gasteiger partial charge in [0.1, 0.15) is 11.8 Å². The summed E-state index contributed by atoms with van der Waals surface area (Å²) in [5.41, 5.74) is 3.35. The molecular weight excluding hydrogens is 437 g/mol. The van der Waals surface area contributed by atoms with E-state index < -0.39 is 5.91 Å². The molecule has 128 valence electrons. The molecule has 25 heavy (non-hydrogen) atoms. The average Bonchev–Trinajstić information content (AvgIpc) is 2.62. The van der Waals surface area contributed by atoms with Crippen molar-refractivity contribution in [3.63, 3.8) is 0 Å². The minimum atomic E-state index is -0.441. The van der Waals surface area contributed by atoms with Crippen LogP contribution in [0.3, 0.4) is 0 Å². The minimum Gasteiger partial charge on any atom is -0.507 e. The number of amides is 1. The largest absolute Gasteiger partial charge is 0.507 e. The fraction of sp³-hybridized carbons (Fsp3) is 0.118. The van der Waals surface area contributed by atoms with Crippen LogP contribution in [-0.4, -0.2) is 30.9 Å². The number of aromatic hydroxyl groups is 1. The van der Waals surface area contributed by atoms with Crippen LogP contribution >= 0.6 is 22.6 Å². The lowest BCUT2D eigenvalue weighted by Gasteiger charge is -2.08. The van der Waals surface area contributed by atoms with Crippen molar-refractivity contribution in [1.29, 1.82) is 5.26 Å². The molecule has 2 N–H and O–H groups in total. The molecule has 7 nitrogen and oxygen atoms in total. The van der Waals surface area contributed by atoms with Gasteiger partial charge in [0.25, 0.3) is 5.91 Å². The molecule has 0 aromatic heterocycles. The van der Waals surface area contributed by atoms with Crippen molar-refractivity contribution < 1.29 is 19.4 Å². The maximum Gasteiger partial charge on any atom is 0.271 e. The topological polar surface area (TPSA) is 104 Å². The van der Waals surface area contributed by atoms with Crippen LogP contribution in [0.4, 0.5) is 0 Å². The molecule has 0 fully saturated rings. The van der Waals surface area contributed by atoms with Gasteiger partial charge in [-0.3, -0.25) is 4.79 Å². The van der Waals surface area contributed by atoms with Crippen LogP contribution in [0, 0.1) is 14.9 Å². The summed E-state index contributed by atoms with van der Waals surface area (Å²) in [4.78, 5) is 12.0. The van der Waals surface area contributed by atoms with Crippen LogP contribution in [0.15, 0.2) is 41.5 Å². The van der Waals surface area contributed by atoms with Crippen molar-refractivity contribution in [3.8, 4) is 23.3 Å². The third-order valence-corrected chi connectivity index (χ3v) is 3.98. The number of methoxy groups -OCH3 is 1. The zero-order chi connectivity index (χ0) is 18.2. The Morgan fingerprint density at radius 3 is 2.84 bits per heavy atom. The predicted molar refractivity (Wildman–Crippen MR) is 100.0 cm³/mol. The minimum absolute atomic E-state index is 0.0370. The van der Waals surface area contributed by atoms with Gasteiger partial charge in [0.05, 0.1) is 16.9 Å². The Balaban J connectivity index is 2.05. The number of nitriles is 1. The van der Waals surface area contributed by atoms with Gasteiger partial charge in [-0.1, -0.05) is 0 Å². The number of nitrogens with zero attached hydrogens (tertiary/aromatic N) is 2. The predicted octanol–water partition coefficient (Wildman–Crippen LogP) is 2.67. The Morgan fingerprint density at radius 1 is 1.36 bits per heavy atom. The average molecular weight is 451 g/mol. The summed E-state index contributed by atoms with van der Waals surface area (Å²) in [7, 11) is 1.49. The van der Waals surface area contributed by atoms with E-state index in [0.29, 0.717) is 26.2 Å². The molecule has 0 unspecified atom stereocenters. The van der Waals surface area contributed by atoms with E-state index in [2.05, 4.69) is 10.5 Å². The van der Waals surface area contributed by atoms with Gasteiger partial charge in [-0.15, -0.1) is 0 Å². The van der Waals surface area contributed by atoms with E-state index >= 15 is 0 Å². The number of halogens is 1. The maximum atomic E-state index is 12.0. The Hall–Kier alpha value is -2.80. The zero-order valence-electron chi connectivity index (χ0n) is 13.2. The van der Waals surface area contributed by atoms with E-state index in [1.54, 1.807) is 30.3 Å². The number of hydrazone groups is 1. The highest BCUT2D eigenvalue weighted by Gasteiger charge is 2.08. The molecule has 0 aliphatic rings. The SMILES string of the molecule is COc1cc(C=NNC(=O)c2ccc(I)c(O)c2)ccc1OCC#N. The first-order valence-corrected chi connectivity index (χ1v) is 8.12. The summed E-state index contributed by atoms with van der Waals surface area (Å²) >= 11 is 1.97. The third kappa shape index (κ3) is 5.09. The lowest BCUT2D eigenvalue weighted by Crippen LogP contribution is -2.17. The molecule has 0 radical (unpaired) electrons. The Bertz CT molecular complexity index is 846. The first kappa shape index (κ1) is 18.5. The van der Waals surface area contributed by atoms with Crippen molar-refractivity contribution in [1.82, 2.24) is 5.43 Å². The fourth-order valence-electron chi connectivity index (χ4n) is 1.88. The van der Waals surface area contributed by atoms with Gasteiger partial charge in [0.15, 0.2) is 18.1 Å². The van der Waals surface area contributed by atoms with Gasteiger partial charge >= 0.3 is 0 Å². The van der Waals surface area contributed by atoms with E-state index in [9.17, 15) is 9.90 Å². The van der Waals surface area contributed by atoms with Gasteiger partial charge in [-0.25, -0.2) is 5.43 Å². The van der Waals surface area contributed by atoms with Crippen LogP contribution in [0.2, 0.25) is 0 Å².